The van der Waals surface area contributed by atoms with Gasteiger partial charge in [0, 0.05) is 24.0 Å². The maximum absolute atomic E-state index is 12.2. The lowest BCUT2D eigenvalue weighted by Crippen LogP contribution is -2.40. The monoisotopic (exact) mass is 330 g/mol. The Kier molecular flexibility index (Phi) is 4.22. The molecule has 0 fully saturated rings. The Morgan fingerprint density at radius 3 is 2.52 bits per heavy atom. The standard InChI is InChI=1S/C14H13F3N2O4/c1-7(13(21)22)19(2)12(20)11-5-8-3-4-9(6-10(8)18-11)23-14(15,16)17/h3-7,18H,1-2H3,(H,21,22). The van der Waals surface area contributed by atoms with Crippen LogP contribution in [0.25, 0.3) is 10.9 Å². The van der Waals surface area contributed by atoms with Crippen molar-refractivity contribution in [2.24, 2.45) is 0 Å². The first kappa shape index (κ1) is 16.7. The minimum atomic E-state index is -4.81. The normalized spacial score (nSPS) is 12.9. The molecule has 9 heteroatoms. The Morgan fingerprint density at radius 1 is 1.30 bits per heavy atom. The van der Waals surface area contributed by atoms with Gasteiger partial charge in [0.25, 0.3) is 5.91 Å². The van der Waals surface area contributed by atoms with Crippen LogP contribution in [0, 0.1) is 0 Å². The molecule has 2 rings (SSSR count). The lowest BCUT2D eigenvalue weighted by molar-refractivity contribution is -0.274. The molecule has 0 bridgehead atoms. The quantitative estimate of drug-likeness (QED) is 0.903. The lowest BCUT2D eigenvalue weighted by atomic mass is 10.2. The number of H-pyrrole nitrogens is 1. The van der Waals surface area contributed by atoms with Crippen molar-refractivity contribution < 1.29 is 32.6 Å². The van der Waals surface area contributed by atoms with Gasteiger partial charge in [-0.2, -0.15) is 0 Å². The number of rotatable bonds is 4. The number of ether oxygens (including phenoxy) is 1. The van der Waals surface area contributed by atoms with Crippen LogP contribution in [0.15, 0.2) is 24.3 Å². The molecule has 0 aliphatic carbocycles. The van der Waals surface area contributed by atoms with Crippen LogP contribution in [0.3, 0.4) is 0 Å². The summed E-state index contributed by atoms with van der Waals surface area (Å²) in [6, 6.07) is 3.99. The van der Waals surface area contributed by atoms with E-state index in [1.807, 2.05) is 0 Å². The SMILES string of the molecule is CC(C(=O)O)N(C)C(=O)c1cc2ccc(OC(F)(F)F)cc2[nH]1. The molecule has 1 aromatic heterocycles. The summed E-state index contributed by atoms with van der Waals surface area (Å²) in [6.07, 6.45) is -4.81. The average molecular weight is 330 g/mol. The molecule has 0 radical (unpaired) electrons. The van der Waals surface area contributed by atoms with E-state index in [0.29, 0.717) is 5.39 Å². The predicted molar refractivity (Wildman–Crippen MR) is 74.2 cm³/mol. The Labute approximate surface area is 128 Å². The molecule has 23 heavy (non-hydrogen) atoms. The van der Waals surface area contributed by atoms with Crippen molar-refractivity contribution in [3.8, 4) is 5.75 Å². The summed E-state index contributed by atoms with van der Waals surface area (Å²) in [5.74, 6) is -2.18. The maximum Gasteiger partial charge on any atom is 0.573 e. The third kappa shape index (κ3) is 3.74. The van der Waals surface area contributed by atoms with Gasteiger partial charge in [0.1, 0.15) is 17.5 Å². The van der Waals surface area contributed by atoms with Crippen molar-refractivity contribution in [1.29, 1.82) is 0 Å². The largest absolute Gasteiger partial charge is 0.573 e. The number of carbonyl (C=O) groups excluding carboxylic acids is 1. The number of aliphatic carboxylic acids is 1. The summed E-state index contributed by atoms with van der Waals surface area (Å²) in [6.45, 7) is 1.35. The molecule has 124 valence electrons. The second-order valence-electron chi connectivity index (χ2n) is 4.91. The number of hydrogen-bond donors (Lipinski definition) is 2. The molecule has 1 aromatic carbocycles. The summed E-state index contributed by atoms with van der Waals surface area (Å²) in [4.78, 5) is 26.8. The number of alkyl halides is 3. The third-order valence-electron chi connectivity index (χ3n) is 3.32. The van der Waals surface area contributed by atoms with Crippen LogP contribution < -0.4 is 4.74 Å². The summed E-state index contributed by atoms with van der Waals surface area (Å²) in [5, 5.41) is 9.40. The number of carboxylic acid groups (broad SMARTS) is 1. The summed E-state index contributed by atoms with van der Waals surface area (Å²) in [7, 11) is 1.32. The average Bonchev–Trinajstić information content (AvgIpc) is 2.86. The van der Waals surface area contributed by atoms with E-state index in [1.165, 1.54) is 26.1 Å². The topological polar surface area (TPSA) is 82.6 Å². The number of halogens is 3. The number of fused-ring (bicyclic) bond motifs is 1. The highest BCUT2D eigenvalue weighted by atomic mass is 19.4. The molecule has 1 amide bonds. The highest BCUT2D eigenvalue weighted by molar-refractivity contribution is 5.99. The van der Waals surface area contributed by atoms with Crippen LogP contribution in [0.4, 0.5) is 13.2 Å². The van der Waals surface area contributed by atoms with E-state index in [4.69, 9.17) is 5.11 Å². The van der Waals surface area contributed by atoms with Gasteiger partial charge < -0.3 is 19.7 Å². The van der Waals surface area contributed by atoms with Crippen molar-refractivity contribution in [2.75, 3.05) is 7.05 Å². The molecule has 6 nitrogen and oxygen atoms in total. The molecule has 0 spiro atoms. The second-order valence-corrected chi connectivity index (χ2v) is 4.91. The Bertz CT molecular complexity index is 754. The third-order valence-corrected chi connectivity index (χ3v) is 3.32. The number of nitrogens with one attached hydrogen (secondary N) is 1. The molecular weight excluding hydrogens is 317 g/mol. The zero-order valence-corrected chi connectivity index (χ0v) is 12.1. The van der Waals surface area contributed by atoms with Crippen molar-refractivity contribution in [2.45, 2.75) is 19.3 Å². The summed E-state index contributed by atoms with van der Waals surface area (Å²) in [5.41, 5.74) is 0.339. The fourth-order valence-electron chi connectivity index (χ4n) is 1.95. The minimum Gasteiger partial charge on any atom is -0.480 e. The van der Waals surface area contributed by atoms with Crippen LogP contribution in [0.2, 0.25) is 0 Å². The smallest absolute Gasteiger partial charge is 0.480 e. The van der Waals surface area contributed by atoms with E-state index in [2.05, 4.69) is 9.72 Å². The second kappa shape index (κ2) is 5.82. The zero-order chi connectivity index (χ0) is 17.4. The van der Waals surface area contributed by atoms with Gasteiger partial charge in [-0.1, -0.05) is 0 Å². The first-order valence-electron chi connectivity index (χ1n) is 6.47. The molecule has 0 aliphatic rings. The van der Waals surface area contributed by atoms with E-state index >= 15 is 0 Å². The molecule has 1 atom stereocenters. The Morgan fingerprint density at radius 2 is 1.96 bits per heavy atom. The number of nitrogens with zero attached hydrogens (tertiary/aromatic N) is 1. The summed E-state index contributed by atoms with van der Waals surface area (Å²) < 4.78 is 40.4. The number of hydrogen-bond acceptors (Lipinski definition) is 3. The van der Waals surface area contributed by atoms with E-state index in [9.17, 15) is 22.8 Å². The molecule has 1 unspecified atom stereocenters. The van der Waals surface area contributed by atoms with Crippen LogP contribution in [0.1, 0.15) is 17.4 Å². The van der Waals surface area contributed by atoms with Gasteiger partial charge in [0.15, 0.2) is 0 Å². The highest BCUT2D eigenvalue weighted by Crippen LogP contribution is 2.27. The number of likely N-dealkylation sites (N-methyl/N-ethyl adjacent to an activating group) is 1. The number of amides is 1. The maximum atomic E-state index is 12.2. The van der Waals surface area contributed by atoms with Crippen molar-refractivity contribution >= 4 is 22.8 Å². The number of carbonyl (C=O) groups is 2. The number of carboxylic acids is 1. The zero-order valence-electron chi connectivity index (χ0n) is 12.1. The minimum absolute atomic E-state index is 0.0692. The molecule has 2 aromatic rings. The van der Waals surface area contributed by atoms with Gasteiger partial charge in [-0.15, -0.1) is 13.2 Å². The number of aromatic nitrogens is 1. The van der Waals surface area contributed by atoms with Gasteiger partial charge in [0.2, 0.25) is 0 Å². The molecule has 1 heterocycles. The lowest BCUT2D eigenvalue weighted by Gasteiger charge is -2.20. The van der Waals surface area contributed by atoms with E-state index in [0.717, 1.165) is 17.0 Å². The first-order chi connectivity index (χ1) is 10.6. The molecular formula is C14H13F3N2O4. The van der Waals surface area contributed by atoms with Crippen molar-refractivity contribution in [3.63, 3.8) is 0 Å². The van der Waals surface area contributed by atoms with Crippen LogP contribution >= 0.6 is 0 Å². The number of aromatic amines is 1. The molecule has 0 aliphatic heterocycles. The van der Waals surface area contributed by atoms with Crippen LogP contribution in [-0.2, 0) is 4.79 Å². The number of benzene rings is 1. The van der Waals surface area contributed by atoms with E-state index in [-0.39, 0.29) is 11.2 Å². The van der Waals surface area contributed by atoms with Crippen molar-refractivity contribution in [1.82, 2.24) is 9.88 Å². The predicted octanol–water partition coefficient (Wildman–Crippen LogP) is 2.61. The van der Waals surface area contributed by atoms with Gasteiger partial charge >= 0.3 is 12.3 Å². The van der Waals surface area contributed by atoms with Crippen molar-refractivity contribution in [3.05, 3.63) is 30.0 Å². The van der Waals surface area contributed by atoms with E-state index < -0.39 is 30.0 Å². The van der Waals surface area contributed by atoms with Gasteiger partial charge in [-0.25, -0.2) is 4.79 Å². The fourth-order valence-corrected chi connectivity index (χ4v) is 1.95. The van der Waals surface area contributed by atoms with Crippen LogP contribution in [-0.4, -0.2) is 46.3 Å². The first-order valence-corrected chi connectivity index (χ1v) is 6.47. The van der Waals surface area contributed by atoms with E-state index in [1.54, 1.807) is 0 Å². The summed E-state index contributed by atoms with van der Waals surface area (Å²) >= 11 is 0. The Balaban J connectivity index is 2.29. The molecule has 2 N–H and O–H groups in total. The van der Waals surface area contributed by atoms with Crippen LogP contribution in [0.5, 0.6) is 5.75 Å². The van der Waals surface area contributed by atoms with Gasteiger partial charge in [0.05, 0.1) is 0 Å². The Hall–Kier alpha value is -2.71. The highest BCUT2D eigenvalue weighted by Gasteiger charge is 2.31. The van der Waals surface area contributed by atoms with Gasteiger partial charge in [-0.3, -0.25) is 4.79 Å². The van der Waals surface area contributed by atoms with Gasteiger partial charge in [-0.05, 0) is 25.1 Å². The molecule has 0 saturated carbocycles. The fraction of sp³-hybridized carbons (Fsp3) is 0.286. The molecule has 0 saturated heterocycles.